The summed E-state index contributed by atoms with van der Waals surface area (Å²) in [5, 5.41) is 11.1. The van der Waals surface area contributed by atoms with Crippen LogP contribution in [0.15, 0.2) is 24.4 Å². The van der Waals surface area contributed by atoms with E-state index in [0.717, 1.165) is 0 Å². The largest absolute Gasteiger partial charge is 0.360 e. The molecule has 0 unspecified atom stereocenters. The normalized spacial score (nSPS) is 11.7. The number of nitrogens with one attached hydrogen (secondary N) is 1. The van der Waals surface area contributed by atoms with Gasteiger partial charge in [0.1, 0.15) is 0 Å². The Morgan fingerprint density at radius 1 is 1.33 bits per heavy atom. The summed E-state index contributed by atoms with van der Waals surface area (Å²) in [5.41, 5.74) is 0.527. The standard InChI is InChI=1S/C10H5Cl3N2O3/c11-10(12,13)9(16)7-4-14-8-3-5(15(17)18)1-2-6(7)8/h1-4,14H. The number of aromatic amines is 1. The molecule has 0 atom stereocenters. The van der Waals surface area contributed by atoms with Gasteiger partial charge in [-0.25, -0.2) is 0 Å². The van der Waals surface area contributed by atoms with Gasteiger partial charge in [-0.2, -0.15) is 0 Å². The first-order valence-electron chi connectivity index (χ1n) is 4.68. The van der Waals surface area contributed by atoms with E-state index in [1.54, 1.807) is 0 Å². The van der Waals surface area contributed by atoms with Crippen molar-refractivity contribution in [3.63, 3.8) is 0 Å². The van der Waals surface area contributed by atoms with E-state index < -0.39 is 14.5 Å². The Morgan fingerprint density at radius 3 is 2.56 bits per heavy atom. The number of alkyl halides is 3. The minimum Gasteiger partial charge on any atom is -0.360 e. The van der Waals surface area contributed by atoms with Crippen molar-refractivity contribution >= 4 is 57.2 Å². The second kappa shape index (κ2) is 4.42. The molecule has 0 aliphatic heterocycles. The van der Waals surface area contributed by atoms with E-state index in [-0.39, 0.29) is 11.3 Å². The van der Waals surface area contributed by atoms with E-state index in [0.29, 0.717) is 10.9 Å². The van der Waals surface area contributed by atoms with E-state index in [9.17, 15) is 14.9 Å². The van der Waals surface area contributed by atoms with Gasteiger partial charge in [0.2, 0.25) is 5.78 Å². The highest BCUT2D eigenvalue weighted by atomic mass is 35.6. The second-order valence-electron chi connectivity index (χ2n) is 3.52. The molecule has 5 nitrogen and oxygen atoms in total. The number of benzene rings is 1. The molecule has 0 radical (unpaired) electrons. The second-order valence-corrected chi connectivity index (χ2v) is 5.80. The molecule has 1 aromatic carbocycles. The van der Waals surface area contributed by atoms with Crippen LogP contribution in [0.3, 0.4) is 0 Å². The molecule has 0 spiro atoms. The first-order chi connectivity index (χ1) is 8.30. The van der Waals surface area contributed by atoms with Crippen LogP contribution in [-0.2, 0) is 0 Å². The van der Waals surface area contributed by atoms with Gasteiger partial charge in [0.05, 0.1) is 10.4 Å². The summed E-state index contributed by atoms with van der Waals surface area (Å²) >= 11 is 16.5. The summed E-state index contributed by atoms with van der Waals surface area (Å²) in [7, 11) is 0. The van der Waals surface area contributed by atoms with Crippen molar-refractivity contribution in [2.75, 3.05) is 0 Å². The van der Waals surface area contributed by atoms with Gasteiger partial charge in [0.25, 0.3) is 9.48 Å². The van der Waals surface area contributed by atoms with Crippen LogP contribution in [0.25, 0.3) is 10.9 Å². The number of carbonyl (C=O) groups excluding carboxylic acids is 1. The zero-order valence-corrected chi connectivity index (χ0v) is 10.9. The highest BCUT2D eigenvalue weighted by Crippen LogP contribution is 2.33. The minimum atomic E-state index is -2.06. The monoisotopic (exact) mass is 306 g/mol. The van der Waals surface area contributed by atoms with E-state index in [4.69, 9.17) is 34.8 Å². The molecule has 2 rings (SSSR count). The van der Waals surface area contributed by atoms with Gasteiger partial charge in [-0.05, 0) is 6.07 Å². The van der Waals surface area contributed by atoms with Crippen LogP contribution >= 0.6 is 34.8 Å². The maximum Gasteiger partial charge on any atom is 0.271 e. The molecule has 18 heavy (non-hydrogen) atoms. The number of non-ortho nitro benzene ring substituents is 1. The fourth-order valence-corrected chi connectivity index (χ4v) is 1.87. The van der Waals surface area contributed by atoms with E-state index in [1.165, 1.54) is 24.4 Å². The number of Topliss-reactive ketones (excluding diaryl/α,β-unsaturated/α-hetero) is 1. The Balaban J connectivity index is 2.56. The van der Waals surface area contributed by atoms with Crippen LogP contribution in [0.1, 0.15) is 10.4 Å². The highest BCUT2D eigenvalue weighted by Gasteiger charge is 2.33. The van der Waals surface area contributed by atoms with Crippen LogP contribution in [0.5, 0.6) is 0 Å². The Hall–Kier alpha value is -1.30. The molecular formula is C10H5Cl3N2O3. The Labute approximate surface area is 116 Å². The summed E-state index contributed by atoms with van der Waals surface area (Å²) < 4.78 is -2.06. The molecule has 8 heteroatoms. The predicted molar refractivity (Wildman–Crippen MR) is 69.6 cm³/mol. The third-order valence-electron chi connectivity index (χ3n) is 2.38. The fourth-order valence-electron chi connectivity index (χ4n) is 1.57. The summed E-state index contributed by atoms with van der Waals surface area (Å²) in [6.07, 6.45) is 1.36. The van der Waals surface area contributed by atoms with Gasteiger partial charge in [-0.15, -0.1) is 0 Å². The molecule has 0 bridgehead atoms. The maximum absolute atomic E-state index is 11.8. The summed E-state index contributed by atoms with van der Waals surface area (Å²) in [6, 6.07) is 4.03. The third kappa shape index (κ3) is 2.29. The lowest BCUT2D eigenvalue weighted by molar-refractivity contribution is -0.384. The number of carbonyl (C=O) groups is 1. The molecule has 1 heterocycles. The van der Waals surface area contributed by atoms with Crippen LogP contribution in [0.2, 0.25) is 0 Å². The molecule has 2 aromatic rings. The first kappa shape index (κ1) is 13.1. The average Bonchev–Trinajstić information content (AvgIpc) is 2.68. The number of nitrogens with zero attached hydrogens (tertiary/aromatic N) is 1. The topological polar surface area (TPSA) is 76.0 Å². The smallest absolute Gasteiger partial charge is 0.271 e. The van der Waals surface area contributed by atoms with E-state index >= 15 is 0 Å². The number of rotatable bonds is 2. The zero-order valence-electron chi connectivity index (χ0n) is 8.62. The maximum atomic E-state index is 11.8. The van der Waals surface area contributed by atoms with Gasteiger partial charge < -0.3 is 4.98 Å². The lowest BCUT2D eigenvalue weighted by atomic mass is 10.1. The summed E-state index contributed by atoms with van der Waals surface area (Å²) in [6.45, 7) is 0. The molecule has 0 saturated carbocycles. The zero-order chi connectivity index (χ0) is 13.5. The number of ketones is 1. The van der Waals surface area contributed by atoms with Crippen molar-refractivity contribution in [3.05, 3.63) is 40.1 Å². The first-order valence-corrected chi connectivity index (χ1v) is 5.81. The van der Waals surface area contributed by atoms with Crippen molar-refractivity contribution in [1.82, 2.24) is 4.98 Å². The minimum absolute atomic E-state index is 0.0859. The van der Waals surface area contributed by atoms with Gasteiger partial charge in [-0.1, -0.05) is 34.8 Å². The van der Waals surface area contributed by atoms with Gasteiger partial charge in [-0.3, -0.25) is 14.9 Å². The van der Waals surface area contributed by atoms with E-state index in [1.807, 2.05) is 0 Å². The lowest BCUT2D eigenvalue weighted by Gasteiger charge is -2.07. The van der Waals surface area contributed by atoms with Crippen molar-refractivity contribution in [2.24, 2.45) is 0 Å². The molecule has 1 N–H and O–H groups in total. The fraction of sp³-hybridized carbons (Fsp3) is 0.100. The molecular weight excluding hydrogens is 302 g/mol. The summed E-state index contributed by atoms with van der Waals surface area (Å²) in [5.74, 6) is -0.687. The number of hydrogen-bond donors (Lipinski definition) is 1. The van der Waals surface area contributed by atoms with Crippen LogP contribution in [0, 0.1) is 10.1 Å². The van der Waals surface area contributed by atoms with E-state index in [2.05, 4.69) is 4.98 Å². The molecule has 0 saturated heterocycles. The molecule has 94 valence electrons. The van der Waals surface area contributed by atoms with Gasteiger partial charge >= 0.3 is 0 Å². The molecule has 0 amide bonds. The van der Waals surface area contributed by atoms with Gasteiger partial charge in [0.15, 0.2) is 0 Å². The van der Waals surface area contributed by atoms with Crippen LogP contribution < -0.4 is 0 Å². The van der Waals surface area contributed by atoms with Crippen molar-refractivity contribution in [1.29, 1.82) is 0 Å². The SMILES string of the molecule is O=C(c1c[nH]c2cc([N+](=O)[O-])ccc12)C(Cl)(Cl)Cl. The number of nitro benzene ring substituents is 1. The number of hydrogen-bond acceptors (Lipinski definition) is 3. The average molecular weight is 308 g/mol. The Morgan fingerprint density at radius 2 is 2.00 bits per heavy atom. The van der Waals surface area contributed by atoms with Crippen LogP contribution in [0.4, 0.5) is 5.69 Å². The molecule has 1 aromatic heterocycles. The molecule has 0 fully saturated rings. The lowest BCUT2D eigenvalue weighted by Crippen LogP contribution is -2.18. The third-order valence-corrected chi connectivity index (χ3v) is 2.89. The Bertz CT molecular complexity index is 645. The van der Waals surface area contributed by atoms with Crippen molar-refractivity contribution < 1.29 is 9.72 Å². The number of halogens is 3. The van der Waals surface area contributed by atoms with Gasteiger partial charge in [0, 0.05) is 29.3 Å². The highest BCUT2D eigenvalue weighted by molar-refractivity contribution is 6.77. The van der Waals surface area contributed by atoms with Crippen molar-refractivity contribution in [2.45, 2.75) is 3.79 Å². The number of nitro groups is 1. The number of aromatic nitrogens is 1. The predicted octanol–water partition coefficient (Wildman–Crippen LogP) is 3.63. The van der Waals surface area contributed by atoms with Crippen molar-refractivity contribution in [3.8, 4) is 0 Å². The molecule has 0 aliphatic carbocycles. The summed E-state index contributed by atoms with van der Waals surface area (Å²) in [4.78, 5) is 24.6. The number of H-pyrrole nitrogens is 1. The quantitative estimate of drug-likeness (QED) is 0.398. The van der Waals surface area contributed by atoms with Crippen LogP contribution in [-0.4, -0.2) is 19.5 Å². The molecule has 0 aliphatic rings. The number of fused-ring (bicyclic) bond motifs is 1. The Kier molecular flexibility index (Phi) is 3.23.